The summed E-state index contributed by atoms with van der Waals surface area (Å²) in [6.45, 7) is 4.38. The van der Waals surface area contributed by atoms with Crippen molar-refractivity contribution in [2.75, 3.05) is 0 Å². The molecule has 0 saturated carbocycles. The third-order valence-corrected chi connectivity index (χ3v) is 4.58. The first-order valence-electron chi connectivity index (χ1n) is 7.61. The maximum absolute atomic E-state index is 13.7. The molecule has 1 aromatic carbocycles. The lowest BCUT2D eigenvalue weighted by atomic mass is 9.82. The van der Waals surface area contributed by atoms with Crippen LogP contribution in [-0.2, 0) is 12.0 Å². The smallest absolute Gasteiger partial charge is 0.126 e. The number of aliphatic hydroxyl groups is 1. The molecule has 0 heterocycles. The van der Waals surface area contributed by atoms with Crippen LogP contribution in [-0.4, -0.2) is 5.11 Å². The van der Waals surface area contributed by atoms with Crippen LogP contribution in [0, 0.1) is 11.7 Å². The maximum Gasteiger partial charge on any atom is 0.126 e. The predicted octanol–water partition coefficient (Wildman–Crippen LogP) is 4.57. The quantitative estimate of drug-likeness (QED) is 0.798. The van der Waals surface area contributed by atoms with Gasteiger partial charge in [-0.05, 0) is 42.4 Å². The zero-order chi connectivity index (χ0) is 13.9. The van der Waals surface area contributed by atoms with Crippen LogP contribution in [0.15, 0.2) is 18.2 Å². The highest BCUT2D eigenvalue weighted by Gasteiger charge is 2.39. The minimum Gasteiger partial charge on any atom is -0.385 e. The third kappa shape index (κ3) is 3.00. The number of fused-ring (bicyclic) bond motifs is 1. The molecule has 0 aliphatic heterocycles. The van der Waals surface area contributed by atoms with Gasteiger partial charge in [-0.25, -0.2) is 4.39 Å². The number of halogens is 1. The Kier molecular flexibility index (Phi) is 4.62. The molecule has 1 aliphatic rings. The molecule has 0 bridgehead atoms. The monoisotopic (exact) mass is 264 g/mol. The van der Waals surface area contributed by atoms with Crippen LogP contribution in [0.25, 0.3) is 0 Å². The molecule has 0 amide bonds. The molecular formula is C17H25FO. The van der Waals surface area contributed by atoms with E-state index in [1.165, 1.54) is 25.3 Å². The molecule has 1 N–H and O–H groups in total. The molecule has 0 radical (unpaired) electrons. The highest BCUT2D eigenvalue weighted by molar-refractivity contribution is 5.38. The Labute approximate surface area is 115 Å². The van der Waals surface area contributed by atoms with Gasteiger partial charge >= 0.3 is 0 Å². The van der Waals surface area contributed by atoms with E-state index in [-0.39, 0.29) is 5.82 Å². The maximum atomic E-state index is 13.7. The van der Waals surface area contributed by atoms with Crippen LogP contribution in [0.4, 0.5) is 4.39 Å². The van der Waals surface area contributed by atoms with E-state index in [1.807, 2.05) is 6.07 Å². The largest absolute Gasteiger partial charge is 0.385 e. The second-order valence-electron chi connectivity index (χ2n) is 5.92. The van der Waals surface area contributed by atoms with Gasteiger partial charge in [0.25, 0.3) is 0 Å². The van der Waals surface area contributed by atoms with Gasteiger partial charge < -0.3 is 5.11 Å². The molecule has 0 spiro atoms. The minimum absolute atomic E-state index is 0.157. The Morgan fingerprint density at radius 1 is 1.37 bits per heavy atom. The van der Waals surface area contributed by atoms with Crippen molar-refractivity contribution in [1.29, 1.82) is 0 Å². The fourth-order valence-electron chi connectivity index (χ4n) is 3.35. The van der Waals surface area contributed by atoms with Gasteiger partial charge in [0.05, 0.1) is 5.60 Å². The van der Waals surface area contributed by atoms with Crippen LogP contribution in [0.5, 0.6) is 0 Å². The zero-order valence-corrected chi connectivity index (χ0v) is 12.1. The molecule has 106 valence electrons. The van der Waals surface area contributed by atoms with Crippen LogP contribution in [0.2, 0.25) is 0 Å². The summed E-state index contributed by atoms with van der Waals surface area (Å²) in [5.74, 6) is 0.384. The van der Waals surface area contributed by atoms with Crippen molar-refractivity contribution in [2.45, 2.75) is 64.4 Å². The molecule has 19 heavy (non-hydrogen) atoms. The van der Waals surface area contributed by atoms with Crippen LogP contribution >= 0.6 is 0 Å². The first kappa shape index (κ1) is 14.5. The summed E-state index contributed by atoms with van der Waals surface area (Å²) in [4.78, 5) is 0. The first-order chi connectivity index (χ1) is 9.10. The van der Waals surface area contributed by atoms with E-state index >= 15 is 0 Å². The Morgan fingerprint density at radius 2 is 2.16 bits per heavy atom. The molecule has 1 aliphatic carbocycles. The van der Waals surface area contributed by atoms with Crippen LogP contribution in [0.1, 0.15) is 63.5 Å². The summed E-state index contributed by atoms with van der Waals surface area (Å²) < 4.78 is 13.7. The van der Waals surface area contributed by atoms with E-state index in [0.717, 1.165) is 24.0 Å². The van der Waals surface area contributed by atoms with Crippen molar-refractivity contribution in [3.8, 4) is 0 Å². The van der Waals surface area contributed by atoms with Gasteiger partial charge in [-0.1, -0.05) is 51.7 Å². The normalized spacial score (nSPS) is 23.4. The van der Waals surface area contributed by atoms with Crippen LogP contribution < -0.4 is 0 Å². The molecule has 2 rings (SSSR count). The number of rotatable bonds is 6. The van der Waals surface area contributed by atoms with E-state index in [9.17, 15) is 9.50 Å². The lowest BCUT2D eigenvalue weighted by molar-refractivity contribution is 0.0105. The van der Waals surface area contributed by atoms with E-state index in [0.29, 0.717) is 18.8 Å². The Bertz CT molecular complexity index is 429. The highest BCUT2D eigenvalue weighted by Crippen LogP contribution is 2.43. The molecule has 0 aromatic heterocycles. The fraction of sp³-hybridized carbons (Fsp3) is 0.647. The van der Waals surface area contributed by atoms with Gasteiger partial charge in [-0.2, -0.15) is 0 Å². The topological polar surface area (TPSA) is 20.2 Å². The Hall–Kier alpha value is -0.890. The predicted molar refractivity (Wildman–Crippen MR) is 76.5 cm³/mol. The molecule has 2 heteroatoms. The number of hydrogen-bond acceptors (Lipinski definition) is 1. The van der Waals surface area contributed by atoms with E-state index in [2.05, 4.69) is 13.8 Å². The fourth-order valence-corrected chi connectivity index (χ4v) is 3.35. The number of benzene rings is 1. The SMILES string of the molecule is CCCCC(CC)CC1(O)CCc2c(F)cccc21. The Morgan fingerprint density at radius 3 is 2.84 bits per heavy atom. The van der Waals surface area contributed by atoms with Crippen molar-refractivity contribution in [1.82, 2.24) is 0 Å². The lowest BCUT2D eigenvalue weighted by Crippen LogP contribution is -2.26. The second-order valence-corrected chi connectivity index (χ2v) is 5.92. The second kappa shape index (κ2) is 6.04. The molecule has 1 aromatic rings. The first-order valence-corrected chi connectivity index (χ1v) is 7.61. The third-order valence-electron chi connectivity index (χ3n) is 4.58. The summed E-state index contributed by atoms with van der Waals surface area (Å²) in [6, 6.07) is 5.12. The number of unbranched alkanes of at least 4 members (excludes halogenated alkanes) is 1. The van der Waals surface area contributed by atoms with Crippen molar-refractivity contribution >= 4 is 0 Å². The van der Waals surface area contributed by atoms with Gasteiger partial charge in [0, 0.05) is 0 Å². The van der Waals surface area contributed by atoms with Gasteiger partial charge in [0.15, 0.2) is 0 Å². The summed E-state index contributed by atoms with van der Waals surface area (Å²) in [5, 5.41) is 10.9. The number of hydrogen-bond donors (Lipinski definition) is 1. The summed E-state index contributed by atoms with van der Waals surface area (Å²) >= 11 is 0. The highest BCUT2D eigenvalue weighted by atomic mass is 19.1. The van der Waals surface area contributed by atoms with Gasteiger partial charge in [-0.3, -0.25) is 0 Å². The summed E-state index contributed by atoms with van der Waals surface area (Å²) in [5.41, 5.74) is 0.768. The molecule has 2 atom stereocenters. The Balaban J connectivity index is 2.15. The van der Waals surface area contributed by atoms with Crippen molar-refractivity contribution in [2.24, 2.45) is 5.92 Å². The molecule has 1 nitrogen and oxygen atoms in total. The summed E-state index contributed by atoms with van der Waals surface area (Å²) in [7, 11) is 0. The van der Waals surface area contributed by atoms with E-state index < -0.39 is 5.60 Å². The minimum atomic E-state index is -0.800. The summed E-state index contributed by atoms with van der Waals surface area (Å²) in [6.07, 6.45) is 6.78. The average molecular weight is 264 g/mol. The van der Waals surface area contributed by atoms with E-state index in [1.54, 1.807) is 6.07 Å². The van der Waals surface area contributed by atoms with Gasteiger partial charge in [0.1, 0.15) is 5.82 Å². The lowest BCUT2D eigenvalue weighted by Gasteiger charge is -2.29. The van der Waals surface area contributed by atoms with Crippen molar-refractivity contribution < 1.29 is 9.50 Å². The van der Waals surface area contributed by atoms with Gasteiger partial charge in [-0.15, -0.1) is 0 Å². The van der Waals surface area contributed by atoms with Crippen molar-refractivity contribution in [3.63, 3.8) is 0 Å². The molecule has 2 unspecified atom stereocenters. The van der Waals surface area contributed by atoms with Crippen molar-refractivity contribution in [3.05, 3.63) is 35.1 Å². The molecule has 0 fully saturated rings. The standard InChI is InChI=1S/C17H25FO/c1-3-5-7-13(4-2)12-17(19)11-10-14-15(17)8-6-9-16(14)18/h6,8-9,13,19H,3-5,7,10-12H2,1-2H3. The molecule has 0 saturated heterocycles. The van der Waals surface area contributed by atoms with E-state index in [4.69, 9.17) is 0 Å². The average Bonchev–Trinajstić information content (AvgIpc) is 2.74. The molecular weight excluding hydrogens is 239 g/mol. The zero-order valence-electron chi connectivity index (χ0n) is 12.1. The van der Waals surface area contributed by atoms with Gasteiger partial charge in [0.2, 0.25) is 0 Å². The van der Waals surface area contributed by atoms with Crippen LogP contribution in [0.3, 0.4) is 0 Å².